The summed E-state index contributed by atoms with van der Waals surface area (Å²) in [5.74, 6) is 0. The fourth-order valence-electron chi connectivity index (χ4n) is 1.85. The zero-order valence-electron chi connectivity index (χ0n) is 10.8. The van der Waals surface area contributed by atoms with Crippen molar-refractivity contribution in [3.05, 3.63) is 59.9 Å². The first-order valence-corrected chi connectivity index (χ1v) is 6.05. The Labute approximate surface area is 112 Å². The number of hydrogen-bond donors (Lipinski definition) is 0. The molecule has 0 aliphatic carbocycles. The predicted octanol–water partition coefficient (Wildman–Crippen LogP) is 2.39. The number of carbonyl (C=O) groups is 1. The lowest BCUT2D eigenvalue weighted by atomic mass is 10.2. The Hall–Kier alpha value is -2.36. The molecule has 98 valence electrons. The quantitative estimate of drug-likeness (QED) is 0.744. The summed E-state index contributed by atoms with van der Waals surface area (Å²) in [5, 5.41) is 0. The van der Waals surface area contributed by atoms with Crippen LogP contribution >= 0.6 is 0 Å². The van der Waals surface area contributed by atoms with Gasteiger partial charge < -0.3 is 9.64 Å². The first kappa shape index (κ1) is 13.1. The molecule has 0 bridgehead atoms. The maximum Gasteiger partial charge on any atom is 0.293 e. The molecule has 0 aliphatic rings. The molecule has 0 fully saturated rings. The van der Waals surface area contributed by atoms with Gasteiger partial charge in [-0.05, 0) is 17.7 Å². The van der Waals surface area contributed by atoms with Crippen LogP contribution in [-0.2, 0) is 22.7 Å². The molecule has 0 aliphatic heterocycles. The molecule has 2 rings (SSSR count). The standard InChI is InChI=1S/C15H16N2O2/c1-17(10-13-5-3-2-4-6-13)15-7-8-16-14(9-15)11-19-12-18/h2-9,12H,10-11H2,1H3. The van der Waals surface area contributed by atoms with E-state index in [1.54, 1.807) is 6.20 Å². The summed E-state index contributed by atoms with van der Waals surface area (Å²) in [6.07, 6.45) is 1.72. The van der Waals surface area contributed by atoms with Gasteiger partial charge in [-0.2, -0.15) is 0 Å². The number of aromatic nitrogens is 1. The highest BCUT2D eigenvalue weighted by molar-refractivity contribution is 5.46. The summed E-state index contributed by atoms with van der Waals surface area (Å²) >= 11 is 0. The van der Waals surface area contributed by atoms with Crippen LogP contribution in [0.4, 0.5) is 5.69 Å². The number of ether oxygens (including phenoxy) is 1. The number of pyridine rings is 1. The van der Waals surface area contributed by atoms with Gasteiger partial charge in [0.1, 0.15) is 6.61 Å². The van der Waals surface area contributed by atoms with E-state index in [0.29, 0.717) is 6.47 Å². The van der Waals surface area contributed by atoms with E-state index in [1.165, 1.54) is 5.56 Å². The second-order valence-corrected chi connectivity index (χ2v) is 4.25. The van der Waals surface area contributed by atoms with Crippen molar-refractivity contribution in [1.82, 2.24) is 4.98 Å². The summed E-state index contributed by atoms with van der Waals surface area (Å²) in [6, 6.07) is 14.1. The minimum atomic E-state index is 0.205. The van der Waals surface area contributed by atoms with Crippen molar-refractivity contribution in [2.75, 3.05) is 11.9 Å². The van der Waals surface area contributed by atoms with E-state index < -0.39 is 0 Å². The molecule has 19 heavy (non-hydrogen) atoms. The number of nitrogens with zero attached hydrogens (tertiary/aromatic N) is 2. The molecule has 0 atom stereocenters. The molecule has 0 saturated heterocycles. The van der Waals surface area contributed by atoms with Crippen LogP contribution in [0, 0.1) is 0 Å². The lowest BCUT2D eigenvalue weighted by molar-refractivity contribution is -0.129. The van der Waals surface area contributed by atoms with Crippen LogP contribution in [0.3, 0.4) is 0 Å². The third kappa shape index (κ3) is 3.81. The molecule has 1 aromatic heterocycles. The van der Waals surface area contributed by atoms with Crippen molar-refractivity contribution in [2.24, 2.45) is 0 Å². The first-order chi connectivity index (χ1) is 9.29. The normalized spacial score (nSPS) is 9.95. The van der Waals surface area contributed by atoms with Gasteiger partial charge in [-0.15, -0.1) is 0 Å². The van der Waals surface area contributed by atoms with Crippen molar-refractivity contribution in [3.8, 4) is 0 Å². The lowest BCUT2D eigenvalue weighted by Crippen LogP contribution is -2.16. The van der Waals surface area contributed by atoms with Crippen molar-refractivity contribution in [2.45, 2.75) is 13.2 Å². The molecule has 0 N–H and O–H groups in total. The number of rotatable bonds is 6. The third-order valence-corrected chi connectivity index (χ3v) is 2.80. The average Bonchev–Trinajstić information content (AvgIpc) is 2.46. The van der Waals surface area contributed by atoms with E-state index in [0.717, 1.165) is 17.9 Å². The van der Waals surface area contributed by atoms with Gasteiger partial charge in [0.25, 0.3) is 6.47 Å². The Morgan fingerprint density at radius 1 is 1.26 bits per heavy atom. The van der Waals surface area contributed by atoms with Gasteiger partial charge in [0.05, 0.1) is 5.69 Å². The van der Waals surface area contributed by atoms with Crippen LogP contribution in [0.15, 0.2) is 48.7 Å². The van der Waals surface area contributed by atoms with Crippen LogP contribution in [-0.4, -0.2) is 18.5 Å². The Bertz CT molecular complexity index is 529. The van der Waals surface area contributed by atoms with Gasteiger partial charge in [-0.3, -0.25) is 9.78 Å². The molecule has 4 heteroatoms. The van der Waals surface area contributed by atoms with Crippen LogP contribution in [0.1, 0.15) is 11.3 Å². The van der Waals surface area contributed by atoms with Crippen LogP contribution in [0.2, 0.25) is 0 Å². The number of anilines is 1. The number of benzene rings is 1. The molecular weight excluding hydrogens is 240 g/mol. The van der Waals surface area contributed by atoms with E-state index in [2.05, 4.69) is 22.0 Å². The van der Waals surface area contributed by atoms with Crippen molar-refractivity contribution < 1.29 is 9.53 Å². The fourth-order valence-corrected chi connectivity index (χ4v) is 1.85. The lowest BCUT2D eigenvalue weighted by Gasteiger charge is -2.19. The SMILES string of the molecule is CN(Cc1ccccc1)c1ccnc(COC=O)c1. The topological polar surface area (TPSA) is 42.4 Å². The predicted molar refractivity (Wildman–Crippen MR) is 73.6 cm³/mol. The van der Waals surface area contributed by atoms with Crippen molar-refractivity contribution >= 4 is 12.2 Å². The molecule has 1 heterocycles. The van der Waals surface area contributed by atoms with Gasteiger partial charge in [-0.25, -0.2) is 0 Å². The Balaban J connectivity index is 2.06. The minimum Gasteiger partial charge on any atom is -0.461 e. The maximum atomic E-state index is 10.2. The Morgan fingerprint density at radius 2 is 2.05 bits per heavy atom. The van der Waals surface area contributed by atoms with Crippen LogP contribution in [0.25, 0.3) is 0 Å². The molecule has 4 nitrogen and oxygen atoms in total. The average molecular weight is 256 g/mol. The highest BCUT2D eigenvalue weighted by atomic mass is 16.5. The molecule has 1 aromatic carbocycles. The zero-order valence-corrected chi connectivity index (χ0v) is 10.8. The first-order valence-electron chi connectivity index (χ1n) is 6.05. The molecule has 2 aromatic rings. The second kappa shape index (κ2) is 6.54. The zero-order chi connectivity index (χ0) is 13.5. The number of carbonyl (C=O) groups excluding carboxylic acids is 1. The van der Waals surface area contributed by atoms with Crippen LogP contribution < -0.4 is 4.90 Å². The molecule has 0 spiro atoms. The molecule has 0 saturated carbocycles. The van der Waals surface area contributed by atoms with Crippen molar-refractivity contribution in [1.29, 1.82) is 0 Å². The van der Waals surface area contributed by atoms with Crippen LogP contribution in [0.5, 0.6) is 0 Å². The maximum absolute atomic E-state index is 10.2. The van der Waals surface area contributed by atoms with Crippen molar-refractivity contribution in [3.63, 3.8) is 0 Å². The summed E-state index contributed by atoms with van der Waals surface area (Å²) in [5.41, 5.74) is 3.03. The molecule has 0 amide bonds. The minimum absolute atomic E-state index is 0.205. The van der Waals surface area contributed by atoms with Gasteiger partial charge in [0.15, 0.2) is 0 Å². The Kier molecular flexibility index (Phi) is 4.50. The second-order valence-electron chi connectivity index (χ2n) is 4.25. The smallest absolute Gasteiger partial charge is 0.293 e. The fraction of sp³-hybridized carbons (Fsp3) is 0.200. The summed E-state index contributed by atoms with van der Waals surface area (Å²) < 4.78 is 4.71. The summed E-state index contributed by atoms with van der Waals surface area (Å²) in [7, 11) is 2.02. The van der Waals surface area contributed by atoms with E-state index in [-0.39, 0.29) is 6.61 Å². The molecular formula is C15H16N2O2. The van der Waals surface area contributed by atoms with E-state index in [1.807, 2.05) is 37.4 Å². The van der Waals surface area contributed by atoms with Gasteiger partial charge in [0, 0.05) is 25.5 Å². The highest BCUT2D eigenvalue weighted by Crippen LogP contribution is 2.16. The largest absolute Gasteiger partial charge is 0.461 e. The molecule has 0 unspecified atom stereocenters. The van der Waals surface area contributed by atoms with E-state index in [9.17, 15) is 4.79 Å². The van der Waals surface area contributed by atoms with E-state index in [4.69, 9.17) is 4.74 Å². The molecule has 0 radical (unpaired) electrons. The number of hydrogen-bond acceptors (Lipinski definition) is 4. The van der Waals surface area contributed by atoms with Gasteiger partial charge >= 0.3 is 0 Å². The van der Waals surface area contributed by atoms with E-state index >= 15 is 0 Å². The summed E-state index contributed by atoms with van der Waals surface area (Å²) in [6.45, 7) is 1.46. The monoisotopic (exact) mass is 256 g/mol. The van der Waals surface area contributed by atoms with Gasteiger partial charge in [-0.1, -0.05) is 30.3 Å². The third-order valence-electron chi connectivity index (χ3n) is 2.80. The summed E-state index contributed by atoms with van der Waals surface area (Å²) in [4.78, 5) is 16.5. The van der Waals surface area contributed by atoms with Gasteiger partial charge in [0.2, 0.25) is 0 Å². The highest BCUT2D eigenvalue weighted by Gasteiger charge is 2.04. The Morgan fingerprint density at radius 3 is 2.79 bits per heavy atom.